The summed E-state index contributed by atoms with van der Waals surface area (Å²) in [6.45, 7) is 1.77. The van der Waals surface area contributed by atoms with Crippen molar-refractivity contribution < 1.29 is 14.4 Å². The summed E-state index contributed by atoms with van der Waals surface area (Å²) in [5, 5.41) is 3.24. The summed E-state index contributed by atoms with van der Waals surface area (Å²) in [5.74, 6) is -0.0144. The molecule has 0 spiro atoms. The SMILES string of the molecule is O=C(CCN1C(=O)C2C3CC(C2C1=O)C1C(c2cccs2)c2sc(=O)[nH]c2SC31)N1CCCCC1. The van der Waals surface area contributed by atoms with Crippen LogP contribution in [0.15, 0.2) is 27.3 Å². The Labute approximate surface area is 215 Å². The van der Waals surface area contributed by atoms with Gasteiger partial charge in [-0.25, -0.2) is 0 Å². The molecule has 7 atom stereocenters. The predicted octanol–water partition coefficient (Wildman–Crippen LogP) is 3.37. The number of H-pyrrole nitrogens is 1. The van der Waals surface area contributed by atoms with Crippen molar-refractivity contribution >= 4 is 52.2 Å². The number of hydrogen-bond acceptors (Lipinski definition) is 7. The number of aromatic nitrogens is 1. The van der Waals surface area contributed by atoms with Gasteiger partial charge in [0.1, 0.15) is 0 Å². The molecule has 4 fully saturated rings. The van der Waals surface area contributed by atoms with E-state index in [-0.39, 0.29) is 76.3 Å². The highest BCUT2D eigenvalue weighted by atomic mass is 32.2. The highest BCUT2D eigenvalue weighted by Gasteiger charge is 2.69. The van der Waals surface area contributed by atoms with Gasteiger partial charge in [0, 0.05) is 47.0 Å². The van der Waals surface area contributed by atoms with Gasteiger partial charge in [0.2, 0.25) is 17.7 Å². The first kappa shape index (κ1) is 22.3. The lowest BCUT2D eigenvalue weighted by atomic mass is 9.69. The summed E-state index contributed by atoms with van der Waals surface area (Å²) in [4.78, 5) is 60.7. The van der Waals surface area contributed by atoms with E-state index in [1.165, 1.54) is 21.1 Å². The van der Waals surface area contributed by atoms with E-state index in [2.05, 4.69) is 16.4 Å². The molecule has 5 aliphatic rings. The molecular weight excluding hydrogens is 502 g/mol. The first-order chi connectivity index (χ1) is 17.0. The second-order valence-corrected chi connectivity index (χ2v) is 13.7. The third-order valence-corrected chi connectivity index (χ3v) is 12.5. The Kier molecular flexibility index (Phi) is 5.30. The van der Waals surface area contributed by atoms with E-state index in [4.69, 9.17) is 0 Å². The molecule has 7 nitrogen and oxygen atoms in total. The molecule has 10 heteroatoms. The number of aromatic amines is 1. The standard InChI is InChI=1S/C25H27N3O4S3/c29-15(27-7-2-1-3-8-27)6-9-28-23(30)17-12-11-13(18(17)24(28)31)20-16(12)19(14-5-4-10-33-14)21-22(34-20)26-25(32)35-21/h4-5,10,12-13,16-20H,1-3,6-9,11H2,(H,26,32). The molecule has 2 aliphatic carbocycles. The summed E-state index contributed by atoms with van der Waals surface area (Å²) in [6, 6.07) is 4.19. The Morgan fingerprint density at radius 1 is 1.06 bits per heavy atom. The van der Waals surface area contributed by atoms with Gasteiger partial charge >= 0.3 is 4.87 Å². The van der Waals surface area contributed by atoms with Gasteiger partial charge < -0.3 is 9.88 Å². The van der Waals surface area contributed by atoms with Gasteiger partial charge in [-0.3, -0.25) is 24.1 Å². The maximum atomic E-state index is 13.6. The van der Waals surface area contributed by atoms with Gasteiger partial charge in [0.25, 0.3) is 0 Å². The number of amides is 3. The second-order valence-electron chi connectivity index (χ2n) is 10.5. The van der Waals surface area contributed by atoms with Crippen LogP contribution in [0, 0.1) is 29.6 Å². The van der Waals surface area contributed by atoms with E-state index < -0.39 is 0 Å². The van der Waals surface area contributed by atoms with Crippen molar-refractivity contribution in [2.24, 2.45) is 29.6 Å². The van der Waals surface area contributed by atoms with Crippen LogP contribution in [0.4, 0.5) is 0 Å². The number of carbonyl (C=O) groups excluding carboxylic acids is 3. The first-order valence-electron chi connectivity index (χ1n) is 12.6. The maximum Gasteiger partial charge on any atom is 0.305 e. The van der Waals surface area contributed by atoms with Crippen LogP contribution in [0.1, 0.15) is 47.8 Å². The fraction of sp³-hybridized carbons (Fsp3) is 0.600. The maximum absolute atomic E-state index is 13.6. The van der Waals surface area contributed by atoms with Crippen molar-refractivity contribution in [3.8, 4) is 0 Å². The van der Waals surface area contributed by atoms with Crippen LogP contribution in [0.2, 0.25) is 0 Å². The molecule has 184 valence electrons. The summed E-state index contributed by atoms with van der Waals surface area (Å²) in [6.07, 6.45) is 4.35. The zero-order chi connectivity index (χ0) is 23.8. The fourth-order valence-corrected chi connectivity index (χ4v) is 11.4. The van der Waals surface area contributed by atoms with Crippen molar-refractivity contribution in [3.05, 3.63) is 36.9 Å². The largest absolute Gasteiger partial charge is 0.343 e. The summed E-state index contributed by atoms with van der Waals surface area (Å²) in [5.41, 5.74) is 0. The molecule has 3 amide bonds. The number of fused-ring (bicyclic) bond motifs is 9. The monoisotopic (exact) mass is 529 g/mol. The third-order valence-electron chi connectivity index (χ3n) is 8.92. The van der Waals surface area contributed by atoms with Crippen molar-refractivity contribution in [1.82, 2.24) is 14.8 Å². The highest BCUT2D eigenvalue weighted by Crippen LogP contribution is 2.68. The lowest BCUT2D eigenvalue weighted by molar-refractivity contribution is -0.141. The zero-order valence-corrected chi connectivity index (χ0v) is 21.6. The van der Waals surface area contributed by atoms with Crippen molar-refractivity contribution in [2.45, 2.75) is 48.3 Å². The van der Waals surface area contributed by atoms with E-state index in [0.29, 0.717) is 0 Å². The number of piperidine rings is 1. The number of thioether (sulfide) groups is 1. The Bertz CT molecular complexity index is 1250. The van der Waals surface area contributed by atoms with E-state index in [1.54, 1.807) is 23.1 Å². The molecular formula is C25H27N3O4S3. The lowest BCUT2D eigenvalue weighted by Crippen LogP contribution is -2.42. The number of nitrogens with zero attached hydrogens (tertiary/aromatic N) is 2. The predicted molar refractivity (Wildman–Crippen MR) is 135 cm³/mol. The molecule has 2 saturated heterocycles. The average molecular weight is 530 g/mol. The van der Waals surface area contributed by atoms with Crippen LogP contribution >= 0.6 is 34.4 Å². The van der Waals surface area contributed by atoms with E-state index in [1.807, 2.05) is 11.0 Å². The van der Waals surface area contributed by atoms with Gasteiger partial charge in [-0.15, -0.1) is 23.1 Å². The van der Waals surface area contributed by atoms with Crippen molar-refractivity contribution in [1.29, 1.82) is 0 Å². The molecule has 0 aromatic carbocycles. The summed E-state index contributed by atoms with van der Waals surface area (Å²) >= 11 is 4.72. The van der Waals surface area contributed by atoms with E-state index in [0.717, 1.165) is 48.7 Å². The van der Waals surface area contributed by atoms with Crippen LogP contribution in [0.25, 0.3) is 0 Å². The normalized spacial score (nSPS) is 35.4. The number of thiazole rings is 1. The number of hydrogen-bond donors (Lipinski definition) is 1. The Hall–Kier alpha value is -1.91. The topological polar surface area (TPSA) is 90.5 Å². The molecule has 5 heterocycles. The fourth-order valence-electron chi connectivity index (χ4n) is 7.59. The van der Waals surface area contributed by atoms with Crippen LogP contribution < -0.4 is 4.87 Å². The zero-order valence-electron chi connectivity index (χ0n) is 19.2. The second kappa shape index (κ2) is 8.31. The quantitative estimate of drug-likeness (QED) is 0.614. The third kappa shape index (κ3) is 3.28. The molecule has 2 saturated carbocycles. The molecule has 7 rings (SSSR count). The summed E-state index contributed by atoms with van der Waals surface area (Å²) in [7, 11) is 0. The molecule has 2 aromatic rings. The lowest BCUT2D eigenvalue weighted by Gasteiger charge is -2.42. The number of nitrogens with one attached hydrogen (secondary N) is 1. The van der Waals surface area contributed by atoms with Crippen LogP contribution in [-0.2, 0) is 14.4 Å². The first-order valence-corrected chi connectivity index (χ1v) is 15.2. The van der Waals surface area contributed by atoms with E-state index >= 15 is 0 Å². The number of thiophene rings is 1. The Morgan fingerprint density at radius 3 is 2.57 bits per heavy atom. The van der Waals surface area contributed by atoms with Crippen LogP contribution in [0.3, 0.4) is 0 Å². The number of likely N-dealkylation sites (tertiary alicyclic amines) is 2. The highest BCUT2D eigenvalue weighted by molar-refractivity contribution is 8.00. The van der Waals surface area contributed by atoms with Gasteiger partial charge in [-0.2, -0.15) is 0 Å². The number of rotatable bonds is 4. The molecule has 35 heavy (non-hydrogen) atoms. The molecule has 1 N–H and O–H groups in total. The minimum absolute atomic E-state index is 0.0340. The smallest absolute Gasteiger partial charge is 0.305 e. The van der Waals surface area contributed by atoms with Gasteiger partial charge in [-0.05, 0) is 54.9 Å². The van der Waals surface area contributed by atoms with Gasteiger partial charge in [0.05, 0.1) is 16.9 Å². The van der Waals surface area contributed by atoms with Crippen molar-refractivity contribution in [3.63, 3.8) is 0 Å². The number of imide groups is 1. The van der Waals surface area contributed by atoms with Crippen molar-refractivity contribution in [2.75, 3.05) is 19.6 Å². The van der Waals surface area contributed by atoms with Gasteiger partial charge in [0.15, 0.2) is 0 Å². The van der Waals surface area contributed by atoms with Crippen LogP contribution in [-0.4, -0.2) is 57.4 Å². The molecule has 7 unspecified atom stereocenters. The van der Waals surface area contributed by atoms with E-state index in [9.17, 15) is 19.2 Å². The molecule has 3 aliphatic heterocycles. The van der Waals surface area contributed by atoms with Gasteiger partial charge in [-0.1, -0.05) is 17.4 Å². The summed E-state index contributed by atoms with van der Waals surface area (Å²) < 4.78 is 0. The molecule has 0 radical (unpaired) electrons. The minimum atomic E-state index is -0.279. The molecule has 2 aromatic heterocycles. The Balaban J connectivity index is 1.16. The Morgan fingerprint density at radius 2 is 1.83 bits per heavy atom. The number of carbonyl (C=O) groups is 3. The minimum Gasteiger partial charge on any atom is -0.343 e. The average Bonchev–Trinajstić information content (AvgIpc) is 3.67. The molecule has 2 bridgehead atoms. The van der Waals surface area contributed by atoms with Crippen LogP contribution in [0.5, 0.6) is 0 Å².